The highest BCUT2D eigenvalue weighted by Crippen LogP contribution is 2.18. The molecular formula is C13H24N4O4. The summed E-state index contributed by atoms with van der Waals surface area (Å²) in [6.07, 6.45) is 3.93. The topological polar surface area (TPSA) is 134 Å². The molecule has 8 heteroatoms. The van der Waals surface area contributed by atoms with Crippen LogP contribution in [0.3, 0.4) is 0 Å². The van der Waals surface area contributed by atoms with Gasteiger partial charge in [0.05, 0.1) is 6.04 Å². The molecule has 0 spiro atoms. The average molecular weight is 300 g/mol. The molecule has 21 heavy (non-hydrogen) atoms. The zero-order valence-corrected chi connectivity index (χ0v) is 12.2. The van der Waals surface area contributed by atoms with Crippen molar-refractivity contribution in [1.29, 1.82) is 0 Å². The molecule has 2 atom stereocenters. The van der Waals surface area contributed by atoms with E-state index < -0.39 is 24.1 Å². The van der Waals surface area contributed by atoms with Crippen molar-refractivity contribution >= 4 is 17.9 Å². The molecule has 0 radical (unpaired) electrons. The molecule has 6 N–H and O–H groups in total. The normalized spacial score (nSPS) is 17.4. The number of carbonyl (C=O) groups is 3. The highest BCUT2D eigenvalue weighted by molar-refractivity contribution is 5.86. The number of amides is 3. The summed E-state index contributed by atoms with van der Waals surface area (Å²) >= 11 is 0. The van der Waals surface area contributed by atoms with Crippen molar-refractivity contribution in [2.24, 2.45) is 5.73 Å². The molecule has 0 unspecified atom stereocenters. The summed E-state index contributed by atoms with van der Waals surface area (Å²) in [5.74, 6) is -1.41. The highest BCUT2D eigenvalue weighted by atomic mass is 16.4. The van der Waals surface area contributed by atoms with E-state index in [9.17, 15) is 14.4 Å². The Labute approximate surface area is 123 Å². The minimum Gasteiger partial charge on any atom is -0.480 e. The summed E-state index contributed by atoms with van der Waals surface area (Å²) in [5, 5.41) is 17.2. The Balaban J connectivity index is 2.32. The molecule has 1 saturated carbocycles. The van der Waals surface area contributed by atoms with E-state index in [4.69, 9.17) is 10.8 Å². The number of primary amides is 1. The average Bonchev–Trinajstić information content (AvgIpc) is 2.36. The minimum absolute atomic E-state index is 0.234. The van der Waals surface area contributed by atoms with E-state index in [-0.39, 0.29) is 18.9 Å². The maximum absolute atomic E-state index is 11.9. The molecule has 1 aliphatic carbocycles. The number of rotatable bonds is 9. The van der Waals surface area contributed by atoms with Crippen LogP contribution in [0.4, 0.5) is 4.79 Å². The lowest BCUT2D eigenvalue weighted by atomic mass is 9.92. The molecular weight excluding hydrogens is 276 g/mol. The van der Waals surface area contributed by atoms with Crippen LogP contribution in [-0.2, 0) is 9.59 Å². The Bertz CT molecular complexity index is 384. The molecule has 0 saturated heterocycles. The second-order valence-corrected chi connectivity index (χ2v) is 5.35. The predicted molar refractivity (Wildman–Crippen MR) is 76.6 cm³/mol. The van der Waals surface area contributed by atoms with E-state index in [0.29, 0.717) is 12.5 Å². The number of carbonyl (C=O) groups excluding carboxylic acids is 2. The van der Waals surface area contributed by atoms with Crippen LogP contribution >= 0.6 is 0 Å². The second-order valence-electron chi connectivity index (χ2n) is 5.35. The van der Waals surface area contributed by atoms with E-state index >= 15 is 0 Å². The molecule has 8 nitrogen and oxygen atoms in total. The van der Waals surface area contributed by atoms with Crippen LogP contribution in [0.1, 0.15) is 39.0 Å². The fraction of sp³-hybridized carbons (Fsp3) is 0.769. The van der Waals surface area contributed by atoms with Crippen LogP contribution in [0.25, 0.3) is 0 Å². The van der Waals surface area contributed by atoms with Crippen molar-refractivity contribution in [1.82, 2.24) is 16.0 Å². The SMILES string of the molecule is C[C@H](NC1CCC1)C(=O)N[C@@H](CCCNC(N)=O)C(=O)O. The van der Waals surface area contributed by atoms with Crippen molar-refractivity contribution in [3.05, 3.63) is 0 Å². The number of hydrogen-bond acceptors (Lipinski definition) is 4. The Morgan fingerprint density at radius 2 is 2.00 bits per heavy atom. The summed E-state index contributed by atoms with van der Waals surface area (Å²) in [7, 11) is 0. The Morgan fingerprint density at radius 3 is 2.48 bits per heavy atom. The fourth-order valence-corrected chi connectivity index (χ4v) is 2.08. The van der Waals surface area contributed by atoms with Crippen LogP contribution in [0.2, 0.25) is 0 Å². The maximum Gasteiger partial charge on any atom is 0.326 e. The van der Waals surface area contributed by atoms with Gasteiger partial charge in [0.1, 0.15) is 6.04 Å². The molecule has 0 aliphatic heterocycles. The van der Waals surface area contributed by atoms with Gasteiger partial charge in [-0.05, 0) is 32.6 Å². The number of nitrogens with one attached hydrogen (secondary N) is 3. The van der Waals surface area contributed by atoms with E-state index in [1.165, 1.54) is 0 Å². The molecule has 0 aromatic carbocycles. The summed E-state index contributed by atoms with van der Waals surface area (Å²) in [5.41, 5.74) is 4.91. The van der Waals surface area contributed by atoms with Gasteiger partial charge >= 0.3 is 12.0 Å². The van der Waals surface area contributed by atoms with Crippen molar-refractivity contribution in [3.8, 4) is 0 Å². The number of carboxylic acid groups (broad SMARTS) is 1. The molecule has 0 heterocycles. The van der Waals surface area contributed by atoms with Crippen molar-refractivity contribution in [2.75, 3.05) is 6.54 Å². The number of aliphatic carboxylic acids is 1. The third-order valence-electron chi connectivity index (χ3n) is 3.57. The highest BCUT2D eigenvalue weighted by Gasteiger charge is 2.26. The van der Waals surface area contributed by atoms with Crippen LogP contribution < -0.4 is 21.7 Å². The molecule has 0 bridgehead atoms. The van der Waals surface area contributed by atoms with E-state index in [1.807, 2.05) is 0 Å². The van der Waals surface area contributed by atoms with Gasteiger partial charge in [-0.3, -0.25) is 4.79 Å². The summed E-state index contributed by atoms with van der Waals surface area (Å²) in [6.45, 7) is 2.01. The Hall–Kier alpha value is -1.83. The van der Waals surface area contributed by atoms with Gasteiger partial charge in [-0.15, -0.1) is 0 Å². The quantitative estimate of drug-likeness (QED) is 0.367. The van der Waals surface area contributed by atoms with Gasteiger partial charge in [0.15, 0.2) is 0 Å². The maximum atomic E-state index is 11.9. The monoisotopic (exact) mass is 300 g/mol. The first-order chi connectivity index (χ1) is 9.90. The first-order valence-electron chi connectivity index (χ1n) is 7.22. The number of nitrogens with two attached hydrogens (primary N) is 1. The lowest BCUT2D eigenvalue weighted by molar-refractivity contribution is -0.142. The third-order valence-corrected chi connectivity index (χ3v) is 3.57. The number of urea groups is 1. The first kappa shape index (κ1) is 17.2. The van der Waals surface area contributed by atoms with Gasteiger partial charge in [-0.25, -0.2) is 9.59 Å². The first-order valence-corrected chi connectivity index (χ1v) is 7.22. The Morgan fingerprint density at radius 1 is 1.33 bits per heavy atom. The standard InChI is InChI=1S/C13H24N4O4/c1-8(16-9-4-2-5-9)11(18)17-10(12(19)20)6-3-7-15-13(14)21/h8-10,16H,2-7H2,1H3,(H,17,18)(H,19,20)(H3,14,15,21)/t8-,10-/m0/s1. The lowest BCUT2D eigenvalue weighted by Gasteiger charge is -2.30. The zero-order chi connectivity index (χ0) is 15.8. The zero-order valence-electron chi connectivity index (χ0n) is 12.2. The molecule has 1 rings (SSSR count). The summed E-state index contributed by atoms with van der Waals surface area (Å²) in [4.78, 5) is 33.6. The summed E-state index contributed by atoms with van der Waals surface area (Å²) in [6, 6.07) is -1.67. The molecule has 0 aromatic heterocycles. The lowest BCUT2D eigenvalue weighted by Crippen LogP contribution is -2.52. The van der Waals surface area contributed by atoms with Gasteiger partial charge < -0.3 is 26.8 Å². The van der Waals surface area contributed by atoms with E-state index in [2.05, 4.69) is 16.0 Å². The van der Waals surface area contributed by atoms with Crippen LogP contribution in [0.5, 0.6) is 0 Å². The smallest absolute Gasteiger partial charge is 0.326 e. The van der Waals surface area contributed by atoms with Gasteiger partial charge in [-0.2, -0.15) is 0 Å². The predicted octanol–water partition coefficient (Wildman–Crippen LogP) is -0.465. The van der Waals surface area contributed by atoms with Gasteiger partial charge in [0.2, 0.25) is 5.91 Å². The largest absolute Gasteiger partial charge is 0.480 e. The second kappa shape index (κ2) is 8.46. The third kappa shape index (κ3) is 6.44. The fourth-order valence-electron chi connectivity index (χ4n) is 2.08. The van der Waals surface area contributed by atoms with Gasteiger partial charge in [-0.1, -0.05) is 6.42 Å². The summed E-state index contributed by atoms with van der Waals surface area (Å²) < 4.78 is 0. The van der Waals surface area contributed by atoms with Crippen LogP contribution in [0.15, 0.2) is 0 Å². The van der Waals surface area contributed by atoms with Crippen molar-refractivity contribution in [3.63, 3.8) is 0 Å². The molecule has 120 valence electrons. The van der Waals surface area contributed by atoms with E-state index in [1.54, 1.807) is 6.92 Å². The molecule has 3 amide bonds. The number of hydrogen-bond donors (Lipinski definition) is 5. The van der Waals surface area contributed by atoms with Gasteiger partial charge in [0, 0.05) is 12.6 Å². The minimum atomic E-state index is -1.08. The van der Waals surface area contributed by atoms with Crippen molar-refractivity contribution < 1.29 is 19.5 Å². The van der Waals surface area contributed by atoms with Crippen molar-refractivity contribution in [2.45, 2.75) is 57.2 Å². The van der Waals surface area contributed by atoms with Crippen LogP contribution in [0, 0.1) is 0 Å². The molecule has 0 aromatic rings. The van der Waals surface area contributed by atoms with Crippen LogP contribution in [-0.4, -0.2) is 47.7 Å². The van der Waals surface area contributed by atoms with Gasteiger partial charge in [0.25, 0.3) is 0 Å². The number of carboxylic acids is 1. The molecule has 1 aliphatic rings. The van der Waals surface area contributed by atoms with E-state index in [0.717, 1.165) is 19.3 Å². The Kier molecular flexibility index (Phi) is 6.93. The molecule has 1 fully saturated rings.